The molecule has 2 heterocycles. The van der Waals surface area contributed by atoms with Crippen molar-refractivity contribution < 1.29 is 4.79 Å². The molecule has 0 atom stereocenters. The molecule has 1 aromatic heterocycles. The topological polar surface area (TPSA) is 46.9 Å². The summed E-state index contributed by atoms with van der Waals surface area (Å²) in [5.74, 6) is 0.779. The van der Waals surface area contributed by atoms with Gasteiger partial charge in [-0.25, -0.2) is 4.98 Å². The molecule has 2 aromatic carbocycles. The van der Waals surface area contributed by atoms with Gasteiger partial charge in [0, 0.05) is 40.8 Å². The number of imidazole rings is 1. The van der Waals surface area contributed by atoms with Crippen molar-refractivity contribution in [1.82, 2.24) is 14.9 Å². The van der Waals surface area contributed by atoms with Crippen molar-refractivity contribution in [3.05, 3.63) is 71.0 Å². The van der Waals surface area contributed by atoms with E-state index in [9.17, 15) is 4.79 Å². The highest BCUT2D eigenvalue weighted by molar-refractivity contribution is 6.30. The molecule has 0 bridgehead atoms. The molecule has 1 aliphatic rings. The Morgan fingerprint density at radius 2 is 2.09 bits per heavy atom. The Hall–Kier alpha value is -2.59. The maximum absolute atomic E-state index is 12.1. The van der Waals surface area contributed by atoms with Gasteiger partial charge in [-0.15, -0.1) is 0 Å². The van der Waals surface area contributed by atoms with Gasteiger partial charge in [0.25, 0.3) is 5.91 Å². The van der Waals surface area contributed by atoms with Crippen molar-refractivity contribution in [2.45, 2.75) is 6.42 Å². The highest BCUT2D eigenvalue weighted by Gasteiger charge is 2.18. The molecule has 0 unspecified atom stereocenters. The van der Waals surface area contributed by atoms with Gasteiger partial charge in [0.1, 0.15) is 5.82 Å². The van der Waals surface area contributed by atoms with Crippen LogP contribution in [0.1, 0.15) is 15.9 Å². The van der Waals surface area contributed by atoms with Crippen LogP contribution in [0.15, 0.2) is 54.9 Å². The van der Waals surface area contributed by atoms with Crippen LogP contribution < -0.4 is 5.32 Å². The van der Waals surface area contributed by atoms with E-state index in [0.717, 1.165) is 34.6 Å². The molecule has 5 heteroatoms. The molecule has 0 saturated heterocycles. The van der Waals surface area contributed by atoms with Crippen LogP contribution in [0.5, 0.6) is 0 Å². The number of hydrogen-bond acceptors (Lipinski definition) is 2. The van der Waals surface area contributed by atoms with Gasteiger partial charge in [0.05, 0.1) is 0 Å². The van der Waals surface area contributed by atoms with E-state index < -0.39 is 0 Å². The zero-order chi connectivity index (χ0) is 15.8. The van der Waals surface area contributed by atoms with E-state index in [1.807, 2.05) is 53.2 Å². The average Bonchev–Trinajstić information content (AvgIpc) is 3.05. The summed E-state index contributed by atoms with van der Waals surface area (Å²) >= 11 is 6.08. The normalized spacial score (nSPS) is 13.5. The summed E-state index contributed by atoms with van der Waals surface area (Å²) in [7, 11) is 0. The van der Waals surface area contributed by atoms with Crippen molar-refractivity contribution in [2.24, 2.45) is 0 Å². The predicted octanol–water partition coefficient (Wildman–Crippen LogP) is 3.48. The van der Waals surface area contributed by atoms with E-state index >= 15 is 0 Å². The second-order valence-corrected chi connectivity index (χ2v) is 5.91. The quantitative estimate of drug-likeness (QED) is 0.785. The number of halogens is 1. The standard InChI is InChI=1S/C18H14ClN3O/c19-14-3-1-2-13(10-14)17-20-8-9-22(17)15-5-4-12-6-7-21-18(23)16(12)11-15/h1-5,8-11H,6-7H2,(H,21,23). The van der Waals surface area contributed by atoms with E-state index in [1.165, 1.54) is 0 Å². The lowest BCUT2D eigenvalue weighted by Gasteiger charge is -2.18. The van der Waals surface area contributed by atoms with E-state index in [-0.39, 0.29) is 5.91 Å². The monoisotopic (exact) mass is 323 g/mol. The molecule has 1 aliphatic heterocycles. The molecule has 4 nitrogen and oxygen atoms in total. The lowest BCUT2D eigenvalue weighted by Crippen LogP contribution is -2.31. The molecule has 1 N–H and O–H groups in total. The van der Waals surface area contributed by atoms with Crippen LogP contribution in [-0.4, -0.2) is 22.0 Å². The minimum Gasteiger partial charge on any atom is -0.352 e. The zero-order valence-electron chi connectivity index (χ0n) is 12.3. The first-order chi connectivity index (χ1) is 11.2. The Morgan fingerprint density at radius 1 is 1.17 bits per heavy atom. The fraction of sp³-hybridized carbons (Fsp3) is 0.111. The number of hydrogen-bond donors (Lipinski definition) is 1. The first-order valence-electron chi connectivity index (χ1n) is 7.43. The molecule has 0 radical (unpaired) electrons. The number of amides is 1. The van der Waals surface area contributed by atoms with Gasteiger partial charge in [-0.1, -0.05) is 29.8 Å². The predicted molar refractivity (Wildman–Crippen MR) is 90.0 cm³/mol. The maximum atomic E-state index is 12.1. The van der Waals surface area contributed by atoms with Crippen molar-refractivity contribution in [3.63, 3.8) is 0 Å². The van der Waals surface area contributed by atoms with Gasteiger partial charge in [-0.05, 0) is 36.2 Å². The summed E-state index contributed by atoms with van der Waals surface area (Å²) < 4.78 is 1.97. The minimum absolute atomic E-state index is 0.0162. The number of carbonyl (C=O) groups excluding carboxylic acids is 1. The van der Waals surface area contributed by atoms with Crippen LogP contribution in [0.25, 0.3) is 17.1 Å². The van der Waals surface area contributed by atoms with E-state index in [1.54, 1.807) is 6.20 Å². The molecule has 0 spiro atoms. The van der Waals surface area contributed by atoms with Crippen molar-refractivity contribution in [1.29, 1.82) is 0 Å². The van der Waals surface area contributed by atoms with Gasteiger partial charge in [-0.3, -0.25) is 9.36 Å². The van der Waals surface area contributed by atoms with Crippen molar-refractivity contribution in [2.75, 3.05) is 6.54 Å². The van der Waals surface area contributed by atoms with Crippen molar-refractivity contribution >= 4 is 17.5 Å². The summed E-state index contributed by atoms with van der Waals surface area (Å²) in [6.45, 7) is 0.698. The van der Waals surface area contributed by atoms with E-state index in [2.05, 4.69) is 10.3 Å². The number of fused-ring (bicyclic) bond motifs is 1. The molecule has 1 amide bonds. The molecule has 0 saturated carbocycles. The lowest BCUT2D eigenvalue weighted by atomic mass is 9.99. The molecule has 114 valence electrons. The summed E-state index contributed by atoms with van der Waals surface area (Å²) in [5.41, 5.74) is 3.67. The van der Waals surface area contributed by atoms with Gasteiger partial charge < -0.3 is 5.32 Å². The third kappa shape index (κ3) is 2.51. The molecule has 23 heavy (non-hydrogen) atoms. The van der Waals surface area contributed by atoms with E-state index in [4.69, 9.17) is 11.6 Å². The highest BCUT2D eigenvalue weighted by Crippen LogP contribution is 2.26. The largest absolute Gasteiger partial charge is 0.352 e. The fourth-order valence-electron chi connectivity index (χ4n) is 2.90. The Labute approximate surface area is 138 Å². The summed E-state index contributed by atoms with van der Waals surface area (Å²) in [4.78, 5) is 16.5. The smallest absolute Gasteiger partial charge is 0.251 e. The molecular formula is C18H14ClN3O. The Balaban J connectivity index is 1.82. The van der Waals surface area contributed by atoms with Crippen LogP contribution >= 0.6 is 11.6 Å². The highest BCUT2D eigenvalue weighted by atomic mass is 35.5. The first-order valence-corrected chi connectivity index (χ1v) is 7.81. The summed E-state index contributed by atoms with van der Waals surface area (Å²) in [5, 5.41) is 3.55. The fourth-order valence-corrected chi connectivity index (χ4v) is 3.09. The number of benzene rings is 2. The van der Waals surface area contributed by atoms with Crippen LogP contribution in [0.2, 0.25) is 5.02 Å². The van der Waals surface area contributed by atoms with Crippen LogP contribution in [0.4, 0.5) is 0 Å². The second kappa shape index (κ2) is 5.56. The summed E-state index contributed by atoms with van der Waals surface area (Å²) in [6.07, 6.45) is 4.50. The van der Waals surface area contributed by atoms with Gasteiger partial charge in [0.15, 0.2) is 0 Å². The molecule has 0 aliphatic carbocycles. The first kappa shape index (κ1) is 14.0. The SMILES string of the molecule is O=C1NCCc2ccc(-n3ccnc3-c3cccc(Cl)c3)cc21. The third-order valence-corrected chi connectivity index (χ3v) is 4.25. The zero-order valence-corrected chi connectivity index (χ0v) is 13.0. The average molecular weight is 324 g/mol. The minimum atomic E-state index is -0.0162. The van der Waals surface area contributed by atoms with Crippen LogP contribution in [0, 0.1) is 0 Å². The number of rotatable bonds is 2. The summed E-state index contributed by atoms with van der Waals surface area (Å²) in [6, 6.07) is 13.5. The maximum Gasteiger partial charge on any atom is 0.251 e. The van der Waals surface area contributed by atoms with Gasteiger partial charge in [-0.2, -0.15) is 0 Å². The third-order valence-electron chi connectivity index (χ3n) is 4.02. The second-order valence-electron chi connectivity index (χ2n) is 5.48. The van der Waals surface area contributed by atoms with Crippen LogP contribution in [-0.2, 0) is 6.42 Å². The van der Waals surface area contributed by atoms with Crippen molar-refractivity contribution in [3.8, 4) is 17.1 Å². The van der Waals surface area contributed by atoms with Gasteiger partial charge in [0.2, 0.25) is 0 Å². The van der Waals surface area contributed by atoms with Gasteiger partial charge >= 0.3 is 0 Å². The molecule has 4 rings (SSSR count). The number of nitrogens with one attached hydrogen (secondary N) is 1. The Morgan fingerprint density at radius 3 is 2.96 bits per heavy atom. The van der Waals surface area contributed by atoms with E-state index in [0.29, 0.717) is 11.6 Å². The number of carbonyl (C=O) groups is 1. The Bertz CT molecular complexity index is 901. The number of nitrogens with zero attached hydrogens (tertiary/aromatic N) is 2. The van der Waals surface area contributed by atoms with Crippen LogP contribution in [0.3, 0.4) is 0 Å². The Kier molecular flexibility index (Phi) is 3.39. The number of aromatic nitrogens is 2. The molecule has 3 aromatic rings. The molecular weight excluding hydrogens is 310 g/mol. The lowest BCUT2D eigenvalue weighted by molar-refractivity contribution is 0.0946. The molecule has 0 fully saturated rings.